The summed E-state index contributed by atoms with van der Waals surface area (Å²) in [5, 5.41) is 5.69. The molecule has 0 radical (unpaired) electrons. The van der Waals surface area contributed by atoms with E-state index in [9.17, 15) is 9.59 Å². The molecule has 2 N–H and O–H groups in total. The molecule has 0 bridgehead atoms. The van der Waals surface area contributed by atoms with Crippen LogP contribution in [-0.4, -0.2) is 62.7 Å². The Morgan fingerprint density at radius 2 is 2.10 bits per heavy atom. The molecule has 6 nitrogen and oxygen atoms in total. The zero-order valence-electron chi connectivity index (χ0n) is 12.2. The zero-order chi connectivity index (χ0) is 15.1. The van der Waals surface area contributed by atoms with E-state index in [4.69, 9.17) is 4.74 Å². The molecule has 21 heavy (non-hydrogen) atoms. The first-order chi connectivity index (χ1) is 10.2. The molecular weight excluding hydrogens is 270 g/mol. The maximum atomic E-state index is 12.1. The van der Waals surface area contributed by atoms with Gasteiger partial charge in [-0.05, 0) is 19.2 Å². The topological polar surface area (TPSA) is 70.7 Å². The van der Waals surface area contributed by atoms with Crippen molar-refractivity contribution in [1.82, 2.24) is 15.5 Å². The zero-order valence-corrected chi connectivity index (χ0v) is 12.2. The van der Waals surface area contributed by atoms with Gasteiger partial charge in [0.15, 0.2) is 0 Å². The molecule has 0 spiro atoms. The van der Waals surface area contributed by atoms with Crippen molar-refractivity contribution in [3.05, 3.63) is 35.9 Å². The fraction of sp³-hybridized carbons (Fsp3) is 0.467. The molecule has 1 atom stereocenters. The molecule has 1 aromatic carbocycles. The van der Waals surface area contributed by atoms with Crippen LogP contribution in [0.15, 0.2) is 30.3 Å². The summed E-state index contributed by atoms with van der Waals surface area (Å²) in [6.07, 6.45) is 0.0116. The molecule has 0 saturated carbocycles. The minimum Gasteiger partial charge on any atom is -0.373 e. The van der Waals surface area contributed by atoms with Crippen molar-refractivity contribution in [1.29, 1.82) is 0 Å². The molecule has 1 aliphatic rings. The average molecular weight is 291 g/mol. The van der Waals surface area contributed by atoms with Gasteiger partial charge in [0.05, 0.1) is 19.3 Å². The molecule has 6 heteroatoms. The number of hydrogen-bond donors (Lipinski definition) is 2. The Balaban J connectivity index is 1.80. The van der Waals surface area contributed by atoms with Crippen molar-refractivity contribution in [2.75, 3.05) is 39.8 Å². The summed E-state index contributed by atoms with van der Waals surface area (Å²) in [6, 6.07) is 8.87. The molecule has 1 unspecified atom stereocenters. The monoisotopic (exact) mass is 291 g/mol. The number of nitrogens with zero attached hydrogens (tertiary/aromatic N) is 1. The highest BCUT2D eigenvalue weighted by Crippen LogP contribution is 2.05. The fourth-order valence-electron chi connectivity index (χ4n) is 2.26. The molecule has 1 fully saturated rings. The van der Waals surface area contributed by atoms with Gasteiger partial charge in [-0.3, -0.25) is 9.59 Å². The SMILES string of the molecule is CNCC1CN(C(=O)CNC(=O)c2ccccc2)CCO1. The number of rotatable bonds is 5. The van der Waals surface area contributed by atoms with Gasteiger partial charge in [0, 0.05) is 25.2 Å². The second kappa shape index (κ2) is 7.75. The van der Waals surface area contributed by atoms with Gasteiger partial charge in [-0.1, -0.05) is 18.2 Å². The number of hydrogen-bond acceptors (Lipinski definition) is 4. The van der Waals surface area contributed by atoms with E-state index in [1.54, 1.807) is 29.2 Å². The first kappa shape index (κ1) is 15.5. The Bertz CT molecular complexity index is 476. The van der Waals surface area contributed by atoms with Crippen LogP contribution in [0.3, 0.4) is 0 Å². The number of benzene rings is 1. The Kier molecular flexibility index (Phi) is 5.71. The summed E-state index contributed by atoms with van der Waals surface area (Å²) < 4.78 is 5.55. The fourth-order valence-corrected chi connectivity index (χ4v) is 2.26. The highest BCUT2D eigenvalue weighted by molar-refractivity contribution is 5.96. The Labute approximate surface area is 124 Å². The molecule has 1 aliphatic heterocycles. The van der Waals surface area contributed by atoms with Crippen LogP contribution in [0.5, 0.6) is 0 Å². The normalized spacial score (nSPS) is 18.3. The van der Waals surface area contributed by atoms with Gasteiger partial charge < -0.3 is 20.3 Å². The van der Waals surface area contributed by atoms with E-state index in [1.165, 1.54) is 0 Å². The number of amides is 2. The van der Waals surface area contributed by atoms with Crippen molar-refractivity contribution in [3.8, 4) is 0 Å². The van der Waals surface area contributed by atoms with Crippen LogP contribution in [0.1, 0.15) is 10.4 Å². The lowest BCUT2D eigenvalue weighted by atomic mass is 10.2. The summed E-state index contributed by atoms with van der Waals surface area (Å²) in [5.41, 5.74) is 0.556. The standard InChI is InChI=1S/C15H21N3O3/c1-16-9-13-11-18(7-8-21-13)14(19)10-17-15(20)12-5-3-2-4-6-12/h2-6,13,16H,7-11H2,1H3,(H,17,20). The summed E-state index contributed by atoms with van der Waals surface area (Å²) in [4.78, 5) is 25.7. The molecule has 1 heterocycles. The van der Waals surface area contributed by atoms with E-state index < -0.39 is 0 Å². The van der Waals surface area contributed by atoms with E-state index in [2.05, 4.69) is 10.6 Å². The van der Waals surface area contributed by atoms with E-state index in [1.807, 2.05) is 13.1 Å². The van der Waals surface area contributed by atoms with E-state index in [-0.39, 0.29) is 24.5 Å². The second-order valence-electron chi connectivity index (χ2n) is 4.94. The second-order valence-corrected chi connectivity index (χ2v) is 4.94. The van der Waals surface area contributed by atoms with Crippen molar-refractivity contribution < 1.29 is 14.3 Å². The predicted molar refractivity (Wildman–Crippen MR) is 79.0 cm³/mol. The lowest BCUT2D eigenvalue weighted by Gasteiger charge is -2.33. The number of carbonyl (C=O) groups excluding carboxylic acids is 2. The lowest BCUT2D eigenvalue weighted by Crippen LogP contribution is -2.51. The number of ether oxygens (including phenoxy) is 1. The Hall–Kier alpha value is -1.92. The van der Waals surface area contributed by atoms with E-state index in [0.717, 1.165) is 0 Å². The molecule has 1 aromatic rings. The van der Waals surface area contributed by atoms with Gasteiger partial charge in [-0.25, -0.2) is 0 Å². The van der Waals surface area contributed by atoms with E-state index in [0.29, 0.717) is 31.8 Å². The molecule has 2 amide bonds. The number of nitrogens with one attached hydrogen (secondary N) is 2. The largest absolute Gasteiger partial charge is 0.373 e. The lowest BCUT2D eigenvalue weighted by molar-refractivity contribution is -0.137. The van der Waals surface area contributed by atoms with Gasteiger partial charge in [-0.15, -0.1) is 0 Å². The highest BCUT2D eigenvalue weighted by atomic mass is 16.5. The summed E-state index contributed by atoms with van der Waals surface area (Å²) in [6.45, 7) is 2.38. The maximum Gasteiger partial charge on any atom is 0.251 e. The summed E-state index contributed by atoms with van der Waals surface area (Å²) in [5.74, 6) is -0.312. The third kappa shape index (κ3) is 4.54. The van der Waals surface area contributed by atoms with Gasteiger partial charge in [0.25, 0.3) is 5.91 Å². The maximum absolute atomic E-state index is 12.1. The van der Waals surface area contributed by atoms with Crippen LogP contribution in [-0.2, 0) is 9.53 Å². The number of morpholine rings is 1. The van der Waals surface area contributed by atoms with Gasteiger partial charge in [0.2, 0.25) is 5.91 Å². The molecule has 0 aliphatic carbocycles. The number of carbonyl (C=O) groups is 2. The Morgan fingerprint density at radius 1 is 1.33 bits per heavy atom. The minimum atomic E-state index is -0.232. The number of likely N-dealkylation sites (N-methyl/N-ethyl adjacent to an activating group) is 1. The average Bonchev–Trinajstić information content (AvgIpc) is 2.53. The smallest absolute Gasteiger partial charge is 0.251 e. The van der Waals surface area contributed by atoms with Gasteiger partial charge in [-0.2, -0.15) is 0 Å². The van der Waals surface area contributed by atoms with Crippen molar-refractivity contribution in [2.45, 2.75) is 6.10 Å². The quantitative estimate of drug-likeness (QED) is 0.792. The molecule has 1 saturated heterocycles. The molecular formula is C15H21N3O3. The van der Waals surface area contributed by atoms with Crippen LogP contribution in [0.4, 0.5) is 0 Å². The third-order valence-electron chi connectivity index (χ3n) is 3.36. The van der Waals surface area contributed by atoms with Crippen LogP contribution in [0, 0.1) is 0 Å². The summed E-state index contributed by atoms with van der Waals surface area (Å²) >= 11 is 0. The van der Waals surface area contributed by atoms with Crippen LogP contribution in [0.2, 0.25) is 0 Å². The Morgan fingerprint density at radius 3 is 2.81 bits per heavy atom. The first-order valence-corrected chi connectivity index (χ1v) is 7.08. The van der Waals surface area contributed by atoms with Crippen LogP contribution >= 0.6 is 0 Å². The molecule has 0 aromatic heterocycles. The van der Waals surface area contributed by atoms with Gasteiger partial charge >= 0.3 is 0 Å². The van der Waals surface area contributed by atoms with Crippen molar-refractivity contribution >= 4 is 11.8 Å². The van der Waals surface area contributed by atoms with Crippen LogP contribution < -0.4 is 10.6 Å². The van der Waals surface area contributed by atoms with E-state index >= 15 is 0 Å². The summed E-state index contributed by atoms with van der Waals surface area (Å²) in [7, 11) is 1.85. The predicted octanol–water partition coefficient (Wildman–Crippen LogP) is -0.137. The highest BCUT2D eigenvalue weighted by Gasteiger charge is 2.23. The van der Waals surface area contributed by atoms with Gasteiger partial charge in [0.1, 0.15) is 0 Å². The van der Waals surface area contributed by atoms with Crippen LogP contribution in [0.25, 0.3) is 0 Å². The van der Waals surface area contributed by atoms with Crippen molar-refractivity contribution in [2.24, 2.45) is 0 Å². The van der Waals surface area contributed by atoms with Crippen molar-refractivity contribution in [3.63, 3.8) is 0 Å². The minimum absolute atomic E-state index is 0.0116. The first-order valence-electron chi connectivity index (χ1n) is 7.08. The third-order valence-corrected chi connectivity index (χ3v) is 3.36. The molecule has 114 valence electrons. The molecule has 2 rings (SSSR count).